The zero-order valence-electron chi connectivity index (χ0n) is 8.55. The van der Waals surface area contributed by atoms with E-state index in [0.717, 1.165) is 24.9 Å². The van der Waals surface area contributed by atoms with Crippen LogP contribution in [0.5, 0.6) is 0 Å². The van der Waals surface area contributed by atoms with E-state index in [-0.39, 0.29) is 0 Å². The van der Waals surface area contributed by atoms with E-state index in [1.807, 2.05) is 0 Å². The second-order valence-electron chi connectivity index (χ2n) is 3.83. The maximum absolute atomic E-state index is 12.6. The molecule has 0 unspecified atom stereocenters. The van der Waals surface area contributed by atoms with E-state index in [1.54, 1.807) is 12.1 Å². The first kappa shape index (κ1) is 11.8. The van der Waals surface area contributed by atoms with Crippen LogP contribution in [0.15, 0.2) is 29.2 Å². The van der Waals surface area contributed by atoms with Crippen LogP contribution in [0.3, 0.4) is 0 Å². The summed E-state index contributed by atoms with van der Waals surface area (Å²) in [6.45, 7) is 1.84. The van der Waals surface area contributed by atoms with E-state index in [0.29, 0.717) is 10.8 Å². The van der Waals surface area contributed by atoms with E-state index in [2.05, 4.69) is 5.32 Å². The average molecular weight is 247 g/mol. The van der Waals surface area contributed by atoms with Crippen LogP contribution in [-0.4, -0.2) is 18.8 Å². The summed E-state index contributed by atoms with van der Waals surface area (Å²) >= 11 is 1.30. The molecule has 2 rings (SSSR count). The Labute approximate surface area is 96.4 Å². The van der Waals surface area contributed by atoms with Gasteiger partial charge in [0.05, 0.1) is 5.56 Å². The number of nitrogens with one attached hydrogen (secondary N) is 1. The maximum atomic E-state index is 12.6. The number of rotatable bonds is 3. The normalized spacial score (nSPS) is 17.2. The van der Waals surface area contributed by atoms with Crippen molar-refractivity contribution in [2.24, 2.45) is 5.92 Å². The summed E-state index contributed by atoms with van der Waals surface area (Å²) < 4.78 is 37.9. The largest absolute Gasteiger partial charge is 0.417 e. The lowest BCUT2D eigenvalue weighted by Crippen LogP contribution is -2.43. The van der Waals surface area contributed by atoms with Gasteiger partial charge >= 0.3 is 6.18 Å². The first-order valence-electron chi connectivity index (χ1n) is 5.07. The van der Waals surface area contributed by atoms with Crippen LogP contribution >= 0.6 is 11.8 Å². The van der Waals surface area contributed by atoms with Gasteiger partial charge in [0.1, 0.15) is 0 Å². The summed E-state index contributed by atoms with van der Waals surface area (Å²) in [5.74, 6) is 1.26. The second-order valence-corrected chi connectivity index (χ2v) is 4.89. The lowest BCUT2D eigenvalue weighted by Gasteiger charge is -2.26. The smallest absolute Gasteiger partial charge is 0.316 e. The zero-order valence-corrected chi connectivity index (χ0v) is 9.37. The van der Waals surface area contributed by atoms with E-state index in [1.165, 1.54) is 17.8 Å². The van der Waals surface area contributed by atoms with Crippen LogP contribution < -0.4 is 5.32 Å². The molecule has 0 atom stereocenters. The molecule has 5 heteroatoms. The summed E-state index contributed by atoms with van der Waals surface area (Å²) in [4.78, 5) is 0.335. The topological polar surface area (TPSA) is 12.0 Å². The van der Waals surface area contributed by atoms with Gasteiger partial charge in [-0.25, -0.2) is 0 Å². The van der Waals surface area contributed by atoms with E-state index >= 15 is 0 Å². The molecule has 1 nitrogen and oxygen atoms in total. The van der Waals surface area contributed by atoms with Crippen LogP contribution in [0.25, 0.3) is 0 Å². The molecule has 0 aliphatic carbocycles. The Morgan fingerprint density at radius 3 is 2.50 bits per heavy atom. The molecule has 1 fully saturated rings. The fourth-order valence-corrected chi connectivity index (χ4v) is 2.67. The molecule has 0 bridgehead atoms. The molecule has 0 spiro atoms. The van der Waals surface area contributed by atoms with Gasteiger partial charge in [0.15, 0.2) is 0 Å². The van der Waals surface area contributed by atoms with Gasteiger partial charge in [-0.05, 0) is 31.1 Å². The Morgan fingerprint density at radius 1 is 1.25 bits per heavy atom. The number of hydrogen-bond donors (Lipinski definition) is 1. The third-order valence-electron chi connectivity index (χ3n) is 2.53. The highest BCUT2D eigenvalue weighted by molar-refractivity contribution is 7.99. The number of thioether (sulfide) groups is 1. The predicted octanol–water partition coefficient (Wildman–Crippen LogP) is 3.02. The molecule has 0 saturated carbocycles. The molecule has 1 heterocycles. The highest BCUT2D eigenvalue weighted by atomic mass is 32.2. The Bertz CT molecular complexity index is 360. The quantitative estimate of drug-likeness (QED) is 0.824. The molecular weight excluding hydrogens is 235 g/mol. The standard InChI is InChI=1S/C11H12F3NS/c12-11(13,14)9-3-1-2-4-10(9)16-7-8-5-15-6-8/h1-4,8,15H,5-7H2. The fraction of sp³-hybridized carbons (Fsp3) is 0.455. The molecule has 1 aliphatic rings. The molecule has 1 N–H and O–H groups in total. The number of alkyl halides is 3. The predicted molar refractivity (Wildman–Crippen MR) is 58.5 cm³/mol. The van der Waals surface area contributed by atoms with Crippen LogP contribution in [0.1, 0.15) is 5.56 Å². The maximum Gasteiger partial charge on any atom is 0.417 e. The van der Waals surface area contributed by atoms with Crippen molar-refractivity contribution in [3.63, 3.8) is 0 Å². The Balaban J connectivity index is 2.06. The molecule has 0 aromatic heterocycles. The van der Waals surface area contributed by atoms with Crippen LogP contribution in [0.2, 0.25) is 0 Å². The summed E-state index contributed by atoms with van der Waals surface area (Å²) in [6.07, 6.45) is -4.25. The highest BCUT2D eigenvalue weighted by Gasteiger charge is 2.33. The molecular formula is C11H12F3NS. The third-order valence-corrected chi connectivity index (χ3v) is 3.84. The number of hydrogen-bond acceptors (Lipinski definition) is 2. The van der Waals surface area contributed by atoms with E-state index in [4.69, 9.17) is 0 Å². The first-order chi connectivity index (χ1) is 7.57. The molecule has 0 radical (unpaired) electrons. The molecule has 1 aromatic rings. The average Bonchev–Trinajstić information content (AvgIpc) is 2.14. The van der Waals surface area contributed by atoms with Crippen molar-refractivity contribution in [2.75, 3.05) is 18.8 Å². The Kier molecular flexibility index (Phi) is 3.44. The van der Waals surface area contributed by atoms with Gasteiger partial charge in [-0.1, -0.05) is 12.1 Å². The molecule has 1 aliphatic heterocycles. The van der Waals surface area contributed by atoms with Crippen molar-refractivity contribution in [1.29, 1.82) is 0 Å². The monoisotopic (exact) mass is 247 g/mol. The van der Waals surface area contributed by atoms with Crippen LogP contribution in [0.4, 0.5) is 13.2 Å². The fourth-order valence-electron chi connectivity index (χ4n) is 1.50. The van der Waals surface area contributed by atoms with Crippen LogP contribution in [-0.2, 0) is 6.18 Å². The minimum Gasteiger partial charge on any atom is -0.316 e. The summed E-state index contributed by atoms with van der Waals surface area (Å²) in [6, 6.07) is 5.76. The Hall–Kier alpha value is -0.680. The molecule has 1 aromatic carbocycles. The van der Waals surface area contributed by atoms with Gasteiger partial charge in [-0.15, -0.1) is 11.8 Å². The molecule has 0 amide bonds. The SMILES string of the molecule is FC(F)(F)c1ccccc1SCC1CNC1. The minimum atomic E-state index is -4.25. The number of halogens is 3. The van der Waals surface area contributed by atoms with Crippen molar-refractivity contribution >= 4 is 11.8 Å². The lowest BCUT2D eigenvalue weighted by atomic mass is 10.1. The summed E-state index contributed by atoms with van der Waals surface area (Å²) in [5, 5.41) is 3.11. The molecule has 88 valence electrons. The van der Waals surface area contributed by atoms with Crippen molar-refractivity contribution in [1.82, 2.24) is 5.32 Å². The molecule has 1 saturated heterocycles. The summed E-state index contributed by atoms with van der Waals surface area (Å²) in [5.41, 5.74) is -0.521. The molecule has 16 heavy (non-hydrogen) atoms. The van der Waals surface area contributed by atoms with Crippen molar-refractivity contribution in [3.8, 4) is 0 Å². The van der Waals surface area contributed by atoms with Gasteiger partial charge in [0, 0.05) is 10.6 Å². The zero-order chi connectivity index (χ0) is 11.6. The Morgan fingerprint density at radius 2 is 1.94 bits per heavy atom. The van der Waals surface area contributed by atoms with Crippen molar-refractivity contribution < 1.29 is 13.2 Å². The summed E-state index contributed by atoms with van der Waals surface area (Å²) in [7, 11) is 0. The second kappa shape index (κ2) is 4.67. The van der Waals surface area contributed by atoms with Gasteiger partial charge in [-0.2, -0.15) is 13.2 Å². The van der Waals surface area contributed by atoms with Crippen molar-refractivity contribution in [3.05, 3.63) is 29.8 Å². The van der Waals surface area contributed by atoms with E-state index < -0.39 is 11.7 Å². The first-order valence-corrected chi connectivity index (χ1v) is 6.05. The van der Waals surface area contributed by atoms with Gasteiger partial charge in [0.25, 0.3) is 0 Å². The van der Waals surface area contributed by atoms with Crippen molar-refractivity contribution in [2.45, 2.75) is 11.1 Å². The third kappa shape index (κ3) is 2.71. The van der Waals surface area contributed by atoms with Gasteiger partial charge in [-0.3, -0.25) is 0 Å². The van der Waals surface area contributed by atoms with Crippen LogP contribution in [0, 0.1) is 5.92 Å². The van der Waals surface area contributed by atoms with E-state index in [9.17, 15) is 13.2 Å². The number of benzene rings is 1. The highest BCUT2D eigenvalue weighted by Crippen LogP contribution is 2.37. The van der Waals surface area contributed by atoms with Gasteiger partial charge < -0.3 is 5.32 Å². The lowest BCUT2D eigenvalue weighted by molar-refractivity contribution is -0.139. The minimum absolute atomic E-state index is 0.335. The van der Waals surface area contributed by atoms with Gasteiger partial charge in [0.2, 0.25) is 0 Å².